The van der Waals surface area contributed by atoms with Crippen LogP contribution in [0.25, 0.3) is 0 Å². The SMILES string of the molecule is CC(C)NCCN(C)c1ncccc1C(F)(F)F. The standard InChI is InChI=1S/C12H18F3N3/c1-9(2)16-7-8-18(3)11-10(12(13,14)15)5-4-6-17-11/h4-6,9,16H,7-8H2,1-3H3. The number of rotatable bonds is 5. The molecule has 1 aromatic heterocycles. The number of pyridine rings is 1. The Balaban J connectivity index is 2.76. The Labute approximate surface area is 105 Å². The number of halogens is 3. The Morgan fingerprint density at radius 1 is 1.39 bits per heavy atom. The molecule has 18 heavy (non-hydrogen) atoms. The highest BCUT2D eigenvalue weighted by Gasteiger charge is 2.34. The number of nitrogens with zero attached hydrogens (tertiary/aromatic N) is 2. The van der Waals surface area contributed by atoms with E-state index in [0.717, 1.165) is 6.07 Å². The Hall–Kier alpha value is -1.30. The van der Waals surface area contributed by atoms with Crippen LogP contribution in [0.5, 0.6) is 0 Å². The van der Waals surface area contributed by atoms with Crippen LogP contribution in [-0.4, -0.2) is 31.2 Å². The highest BCUT2D eigenvalue weighted by atomic mass is 19.4. The van der Waals surface area contributed by atoms with Crippen molar-refractivity contribution in [2.24, 2.45) is 0 Å². The number of aromatic nitrogens is 1. The summed E-state index contributed by atoms with van der Waals surface area (Å²) in [5.41, 5.74) is -0.697. The zero-order chi connectivity index (χ0) is 13.8. The summed E-state index contributed by atoms with van der Waals surface area (Å²) in [6, 6.07) is 2.66. The van der Waals surface area contributed by atoms with Gasteiger partial charge in [0.2, 0.25) is 0 Å². The predicted octanol–water partition coefficient (Wildman–Crippen LogP) is 2.53. The highest BCUT2D eigenvalue weighted by Crippen LogP contribution is 2.34. The molecule has 6 heteroatoms. The molecule has 1 N–H and O–H groups in total. The lowest BCUT2D eigenvalue weighted by Gasteiger charge is -2.22. The van der Waals surface area contributed by atoms with Crippen LogP contribution in [0.4, 0.5) is 19.0 Å². The van der Waals surface area contributed by atoms with Crippen LogP contribution in [-0.2, 0) is 6.18 Å². The lowest BCUT2D eigenvalue weighted by molar-refractivity contribution is -0.137. The molecule has 1 aromatic rings. The number of nitrogens with one attached hydrogen (secondary N) is 1. The van der Waals surface area contributed by atoms with E-state index in [0.29, 0.717) is 19.1 Å². The summed E-state index contributed by atoms with van der Waals surface area (Å²) in [6.07, 6.45) is -3.00. The van der Waals surface area contributed by atoms with Gasteiger partial charge in [-0.15, -0.1) is 0 Å². The average Bonchev–Trinajstić information content (AvgIpc) is 2.27. The minimum atomic E-state index is -4.37. The molecular formula is C12H18F3N3. The van der Waals surface area contributed by atoms with E-state index < -0.39 is 11.7 Å². The monoisotopic (exact) mass is 261 g/mol. The quantitative estimate of drug-likeness (QED) is 0.882. The molecule has 0 radical (unpaired) electrons. The summed E-state index contributed by atoms with van der Waals surface area (Å²) < 4.78 is 38.3. The maximum absolute atomic E-state index is 12.8. The molecule has 1 heterocycles. The third kappa shape index (κ3) is 4.18. The fourth-order valence-corrected chi connectivity index (χ4v) is 1.55. The molecule has 1 rings (SSSR count). The van der Waals surface area contributed by atoms with Gasteiger partial charge in [0.1, 0.15) is 5.82 Å². The normalized spacial score (nSPS) is 11.9. The van der Waals surface area contributed by atoms with Gasteiger partial charge in [0.05, 0.1) is 5.56 Å². The number of anilines is 1. The second kappa shape index (κ2) is 6.04. The minimum absolute atomic E-state index is 0.0319. The number of alkyl halides is 3. The number of likely N-dealkylation sites (N-methyl/N-ethyl adjacent to an activating group) is 1. The van der Waals surface area contributed by atoms with Gasteiger partial charge in [0.25, 0.3) is 0 Å². The van der Waals surface area contributed by atoms with Gasteiger partial charge in [0, 0.05) is 32.4 Å². The molecule has 0 spiro atoms. The summed E-state index contributed by atoms with van der Waals surface area (Å²) in [6.45, 7) is 5.06. The number of hydrogen-bond acceptors (Lipinski definition) is 3. The maximum atomic E-state index is 12.8. The first kappa shape index (κ1) is 14.8. The molecule has 0 amide bonds. The van der Waals surface area contributed by atoms with Gasteiger partial charge in [0.15, 0.2) is 0 Å². The lowest BCUT2D eigenvalue weighted by Crippen LogP contribution is -2.34. The van der Waals surface area contributed by atoms with E-state index >= 15 is 0 Å². The van der Waals surface area contributed by atoms with Gasteiger partial charge in [-0.3, -0.25) is 0 Å². The van der Waals surface area contributed by atoms with Crippen molar-refractivity contribution in [3.05, 3.63) is 23.9 Å². The lowest BCUT2D eigenvalue weighted by atomic mass is 10.2. The third-order valence-corrected chi connectivity index (χ3v) is 2.45. The third-order valence-electron chi connectivity index (χ3n) is 2.45. The summed E-state index contributed by atoms with van der Waals surface area (Å²) in [5.74, 6) is -0.0319. The molecule has 102 valence electrons. The zero-order valence-electron chi connectivity index (χ0n) is 10.8. The molecule has 0 atom stereocenters. The first-order valence-electron chi connectivity index (χ1n) is 5.79. The van der Waals surface area contributed by atoms with Crippen molar-refractivity contribution in [3.8, 4) is 0 Å². The van der Waals surface area contributed by atoms with Crippen molar-refractivity contribution in [2.75, 3.05) is 25.0 Å². The van der Waals surface area contributed by atoms with Gasteiger partial charge in [-0.25, -0.2) is 4.98 Å². The minimum Gasteiger partial charge on any atom is -0.358 e. The Morgan fingerprint density at radius 2 is 2.06 bits per heavy atom. The van der Waals surface area contributed by atoms with Gasteiger partial charge in [-0.2, -0.15) is 13.2 Å². The van der Waals surface area contributed by atoms with E-state index in [4.69, 9.17) is 0 Å². The molecule has 0 aliphatic heterocycles. The molecule has 0 aliphatic rings. The van der Waals surface area contributed by atoms with E-state index in [1.807, 2.05) is 13.8 Å². The fraction of sp³-hybridized carbons (Fsp3) is 0.583. The van der Waals surface area contributed by atoms with Crippen LogP contribution in [0.1, 0.15) is 19.4 Å². The second-order valence-electron chi connectivity index (χ2n) is 4.40. The fourth-order valence-electron chi connectivity index (χ4n) is 1.55. The molecule has 0 saturated carbocycles. The van der Waals surface area contributed by atoms with Crippen molar-refractivity contribution in [1.29, 1.82) is 0 Å². The zero-order valence-corrected chi connectivity index (χ0v) is 10.8. The summed E-state index contributed by atoms with van der Waals surface area (Å²) >= 11 is 0. The molecular weight excluding hydrogens is 243 g/mol. The van der Waals surface area contributed by atoms with E-state index in [2.05, 4.69) is 10.3 Å². The topological polar surface area (TPSA) is 28.2 Å². The van der Waals surface area contributed by atoms with E-state index in [1.165, 1.54) is 17.2 Å². The first-order valence-corrected chi connectivity index (χ1v) is 5.79. The first-order chi connectivity index (χ1) is 8.32. The molecule has 0 fully saturated rings. The Morgan fingerprint density at radius 3 is 2.61 bits per heavy atom. The molecule has 0 unspecified atom stereocenters. The van der Waals surface area contributed by atoms with Crippen molar-refractivity contribution < 1.29 is 13.2 Å². The van der Waals surface area contributed by atoms with Gasteiger partial charge in [-0.1, -0.05) is 13.8 Å². The average molecular weight is 261 g/mol. The molecule has 0 saturated heterocycles. The van der Waals surface area contributed by atoms with E-state index in [1.54, 1.807) is 7.05 Å². The predicted molar refractivity (Wildman–Crippen MR) is 65.6 cm³/mol. The molecule has 0 aliphatic carbocycles. The van der Waals surface area contributed by atoms with Crippen molar-refractivity contribution in [1.82, 2.24) is 10.3 Å². The van der Waals surface area contributed by atoms with E-state index in [-0.39, 0.29) is 5.82 Å². The van der Waals surface area contributed by atoms with Crippen LogP contribution in [0, 0.1) is 0 Å². The van der Waals surface area contributed by atoms with E-state index in [9.17, 15) is 13.2 Å². The molecule has 0 aromatic carbocycles. The smallest absolute Gasteiger partial charge is 0.358 e. The van der Waals surface area contributed by atoms with Crippen LogP contribution in [0.3, 0.4) is 0 Å². The van der Waals surface area contributed by atoms with Crippen LogP contribution >= 0.6 is 0 Å². The summed E-state index contributed by atoms with van der Waals surface area (Å²) in [7, 11) is 1.61. The molecule has 0 bridgehead atoms. The summed E-state index contributed by atoms with van der Waals surface area (Å²) in [4.78, 5) is 5.33. The van der Waals surface area contributed by atoms with Gasteiger partial charge in [-0.05, 0) is 12.1 Å². The second-order valence-corrected chi connectivity index (χ2v) is 4.40. The summed E-state index contributed by atoms with van der Waals surface area (Å²) in [5, 5.41) is 3.15. The highest BCUT2D eigenvalue weighted by molar-refractivity contribution is 5.47. The Kier molecular flexibility index (Phi) is 4.95. The largest absolute Gasteiger partial charge is 0.419 e. The van der Waals surface area contributed by atoms with Gasteiger partial charge >= 0.3 is 6.18 Å². The van der Waals surface area contributed by atoms with Crippen LogP contribution in [0.15, 0.2) is 18.3 Å². The van der Waals surface area contributed by atoms with Crippen molar-refractivity contribution >= 4 is 5.82 Å². The van der Waals surface area contributed by atoms with Crippen molar-refractivity contribution in [3.63, 3.8) is 0 Å². The maximum Gasteiger partial charge on any atom is 0.419 e. The number of hydrogen-bond donors (Lipinski definition) is 1. The van der Waals surface area contributed by atoms with Crippen molar-refractivity contribution in [2.45, 2.75) is 26.1 Å². The van der Waals surface area contributed by atoms with Crippen LogP contribution < -0.4 is 10.2 Å². The Bertz CT molecular complexity index is 377. The molecule has 3 nitrogen and oxygen atoms in total. The van der Waals surface area contributed by atoms with Crippen LogP contribution in [0.2, 0.25) is 0 Å². The van der Waals surface area contributed by atoms with Gasteiger partial charge < -0.3 is 10.2 Å².